The molecule has 0 radical (unpaired) electrons. The van der Waals surface area contributed by atoms with E-state index in [0.29, 0.717) is 12.8 Å². The molecule has 1 aliphatic heterocycles. The maximum Gasteiger partial charge on any atom is 0.186 e. The second kappa shape index (κ2) is 8.89. The third kappa shape index (κ3) is 5.65. The summed E-state index contributed by atoms with van der Waals surface area (Å²) >= 11 is 0. The van der Waals surface area contributed by atoms with Crippen molar-refractivity contribution in [3.63, 3.8) is 0 Å². The van der Waals surface area contributed by atoms with Gasteiger partial charge in [0.15, 0.2) is 6.29 Å². The molecule has 23 heavy (non-hydrogen) atoms. The number of aliphatic hydroxyl groups is 5. The molecule has 134 valence electrons. The SMILES string of the molecule is C=CC(O)(CCC=C(C)C)COC1OC(CO)C(O)C(O)C1O. The Morgan fingerprint density at radius 2 is 1.87 bits per heavy atom. The minimum absolute atomic E-state index is 0.199. The van der Waals surface area contributed by atoms with Crippen LogP contribution in [-0.4, -0.2) is 75.1 Å². The van der Waals surface area contributed by atoms with E-state index in [1.807, 2.05) is 19.9 Å². The fraction of sp³-hybridized carbons (Fsp3) is 0.750. The summed E-state index contributed by atoms with van der Waals surface area (Å²) in [5.41, 5.74) is -0.184. The first-order valence-corrected chi connectivity index (χ1v) is 7.65. The molecule has 0 aromatic heterocycles. The number of rotatable bonds is 8. The van der Waals surface area contributed by atoms with Crippen LogP contribution in [-0.2, 0) is 9.47 Å². The average Bonchev–Trinajstić information content (AvgIpc) is 2.51. The molecular formula is C16H28O7. The molecule has 7 heteroatoms. The first kappa shape index (κ1) is 20.2. The summed E-state index contributed by atoms with van der Waals surface area (Å²) in [5.74, 6) is 0. The number of hydrogen-bond acceptors (Lipinski definition) is 7. The topological polar surface area (TPSA) is 120 Å². The Hall–Kier alpha value is -0.800. The van der Waals surface area contributed by atoms with Gasteiger partial charge >= 0.3 is 0 Å². The summed E-state index contributed by atoms with van der Waals surface area (Å²) in [7, 11) is 0. The number of allylic oxidation sites excluding steroid dienone is 2. The van der Waals surface area contributed by atoms with Crippen molar-refractivity contribution in [2.24, 2.45) is 0 Å². The molecule has 0 bridgehead atoms. The average molecular weight is 332 g/mol. The van der Waals surface area contributed by atoms with Crippen LogP contribution in [0, 0.1) is 0 Å². The van der Waals surface area contributed by atoms with E-state index in [1.54, 1.807) is 0 Å². The first-order chi connectivity index (χ1) is 10.7. The molecule has 5 N–H and O–H groups in total. The van der Waals surface area contributed by atoms with Crippen molar-refractivity contribution in [1.29, 1.82) is 0 Å². The minimum Gasteiger partial charge on any atom is -0.394 e. The molecule has 1 rings (SSSR count). The lowest BCUT2D eigenvalue weighted by atomic mass is 9.97. The van der Waals surface area contributed by atoms with Gasteiger partial charge < -0.3 is 35.0 Å². The highest BCUT2D eigenvalue weighted by atomic mass is 16.7. The van der Waals surface area contributed by atoms with Crippen LogP contribution in [0.25, 0.3) is 0 Å². The lowest BCUT2D eigenvalue weighted by molar-refractivity contribution is -0.307. The first-order valence-electron chi connectivity index (χ1n) is 7.65. The van der Waals surface area contributed by atoms with E-state index >= 15 is 0 Å². The molecule has 0 amide bonds. The van der Waals surface area contributed by atoms with Crippen LogP contribution < -0.4 is 0 Å². The Morgan fingerprint density at radius 3 is 2.39 bits per heavy atom. The number of aliphatic hydroxyl groups excluding tert-OH is 4. The van der Waals surface area contributed by atoms with Gasteiger partial charge in [-0.1, -0.05) is 17.7 Å². The largest absolute Gasteiger partial charge is 0.394 e. The summed E-state index contributed by atoms with van der Waals surface area (Å²) in [4.78, 5) is 0. The van der Waals surface area contributed by atoms with E-state index in [-0.39, 0.29) is 6.61 Å². The molecule has 0 spiro atoms. The normalized spacial score (nSPS) is 33.8. The Bertz CT molecular complexity index is 405. The number of hydrogen-bond donors (Lipinski definition) is 5. The van der Waals surface area contributed by atoms with Crippen LogP contribution in [0.3, 0.4) is 0 Å². The standard InChI is InChI=1S/C16H28O7/c1-4-16(21,7-5-6-10(2)3)9-22-15-14(20)13(19)12(18)11(8-17)23-15/h4,6,11-15,17-21H,1,5,7-9H2,2-3H3. The van der Waals surface area contributed by atoms with Gasteiger partial charge in [-0.2, -0.15) is 0 Å². The van der Waals surface area contributed by atoms with Crippen LogP contribution in [0.1, 0.15) is 26.7 Å². The summed E-state index contributed by atoms with van der Waals surface area (Å²) in [5, 5.41) is 48.8. The van der Waals surface area contributed by atoms with Crippen molar-refractivity contribution in [3.8, 4) is 0 Å². The Balaban J connectivity index is 2.62. The van der Waals surface area contributed by atoms with Crippen LogP contribution in [0.5, 0.6) is 0 Å². The van der Waals surface area contributed by atoms with Crippen LogP contribution in [0.15, 0.2) is 24.3 Å². The van der Waals surface area contributed by atoms with Gasteiger partial charge in [0, 0.05) is 0 Å². The van der Waals surface area contributed by atoms with Crippen molar-refractivity contribution >= 4 is 0 Å². The van der Waals surface area contributed by atoms with Gasteiger partial charge in [0.1, 0.15) is 30.0 Å². The predicted molar refractivity (Wildman–Crippen MR) is 83.5 cm³/mol. The molecular weight excluding hydrogens is 304 g/mol. The van der Waals surface area contributed by atoms with Gasteiger partial charge in [0.2, 0.25) is 0 Å². The van der Waals surface area contributed by atoms with Crippen LogP contribution >= 0.6 is 0 Å². The maximum absolute atomic E-state index is 10.4. The zero-order chi connectivity index (χ0) is 17.6. The molecule has 6 atom stereocenters. The highest BCUT2D eigenvalue weighted by molar-refractivity contribution is 5.00. The maximum atomic E-state index is 10.4. The van der Waals surface area contributed by atoms with Crippen molar-refractivity contribution in [3.05, 3.63) is 24.3 Å². The highest BCUT2D eigenvalue weighted by Gasteiger charge is 2.44. The Morgan fingerprint density at radius 1 is 1.22 bits per heavy atom. The molecule has 0 aliphatic carbocycles. The van der Waals surface area contributed by atoms with E-state index in [2.05, 4.69) is 6.58 Å². The van der Waals surface area contributed by atoms with Crippen molar-refractivity contribution < 1.29 is 35.0 Å². The third-order valence-electron chi connectivity index (χ3n) is 3.86. The van der Waals surface area contributed by atoms with Gasteiger partial charge in [0.05, 0.1) is 13.2 Å². The molecule has 1 fully saturated rings. The van der Waals surface area contributed by atoms with Crippen molar-refractivity contribution in [2.45, 2.75) is 63.0 Å². The molecule has 0 aromatic rings. The van der Waals surface area contributed by atoms with Gasteiger partial charge in [-0.3, -0.25) is 0 Å². The second-order valence-corrected chi connectivity index (χ2v) is 6.14. The monoisotopic (exact) mass is 332 g/mol. The van der Waals surface area contributed by atoms with Gasteiger partial charge in [-0.15, -0.1) is 6.58 Å². The third-order valence-corrected chi connectivity index (χ3v) is 3.86. The molecule has 1 saturated heterocycles. The molecule has 7 nitrogen and oxygen atoms in total. The lowest BCUT2D eigenvalue weighted by Gasteiger charge is -2.40. The molecule has 6 unspecified atom stereocenters. The Labute approximate surface area is 136 Å². The zero-order valence-electron chi connectivity index (χ0n) is 13.6. The zero-order valence-corrected chi connectivity index (χ0v) is 13.6. The molecule has 0 saturated carbocycles. The molecule has 0 aromatic carbocycles. The van der Waals surface area contributed by atoms with E-state index < -0.39 is 42.9 Å². The van der Waals surface area contributed by atoms with Gasteiger partial charge in [0.25, 0.3) is 0 Å². The summed E-state index contributed by atoms with van der Waals surface area (Å²) in [6.45, 7) is 6.77. The fourth-order valence-corrected chi connectivity index (χ4v) is 2.28. The Kier molecular flexibility index (Phi) is 7.82. The summed E-state index contributed by atoms with van der Waals surface area (Å²) < 4.78 is 10.6. The van der Waals surface area contributed by atoms with E-state index in [1.165, 1.54) is 6.08 Å². The van der Waals surface area contributed by atoms with Gasteiger partial charge in [-0.05, 0) is 26.7 Å². The fourth-order valence-electron chi connectivity index (χ4n) is 2.28. The van der Waals surface area contributed by atoms with E-state index in [0.717, 1.165) is 5.57 Å². The smallest absolute Gasteiger partial charge is 0.186 e. The summed E-state index contributed by atoms with van der Waals surface area (Å²) in [6, 6.07) is 0. The minimum atomic E-state index is -1.51. The van der Waals surface area contributed by atoms with Crippen LogP contribution in [0.4, 0.5) is 0 Å². The molecule has 1 aliphatic rings. The predicted octanol–water partition coefficient (Wildman–Crippen LogP) is -0.534. The van der Waals surface area contributed by atoms with E-state index in [4.69, 9.17) is 14.6 Å². The van der Waals surface area contributed by atoms with Gasteiger partial charge in [-0.25, -0.2) is 0 Å². The van der Waals surface area contributed by atoms with Crippen molar-refractivity contribution in [2.75, 3.05) is 13.2 Å². The van der Waals surface area contributed by atoms with Crippen molar-refractivity contribution in [1.82, 2.24) is 0 Å². The number of ether oxygens (including phenoxy) is 2. The quantitative estimate of drug-likeness (QED) is 0.379. The second-order valence-electron chi connectivity index (χ2n) is 6.14. The molecule has 1 heterocycles. The van der Waals surface area contributed by atoms with E-state index in [9.17, 15) is 20.4 Å². The van der Waals surface area contributed by atoms with Crippen LogP contribution in [0.2, 0.25) is 0 Å². The summed E-state index contributed by atoms with van der Waals surface area (Å²) in [6.07, 6.45) is -2.40. The lowest BCUT2D eigenvalue weighted by Crippen LogP contribution is -2.59. The highest BCUT2D eigenvalue weighted by Crippen LogP contribution is 2.24.